The van der Waals surface area contributed by atoms with E-state index in [1.807, 2.05) is 0 Å². The maximum Gasteiger partial charge on any atom is 0.494 e. The van der Waals surface area contributed by atoms with E-state index in [0.717, 1.165) is 16.8 Å². The molecule has 2 aromatic carbocycles. The molecule has 0 aliphatic carbocycles. The Bertz CT molecular complexity index is 722. The zero-order chi connectivity index (χ0) is 17.5. The molecule has 1 saturated heterocycles. The second-order valence-electron chi connectivity index (χ2n) is 7.58. The molecule has 24 heavy (non-hydrogen) atoms. The van der Waals surface area contributed by atoms with Gasteiger partial charge in [0.1, 0.15) is 0 Å². The summed E-state index contributed by atoms with van der Waals surface area (Å²) in [6.07, 6.45) is 0. The van der Waals surface area contributed by atoms with Gasteiger partial charge in [0.15, 0.2) is 0 Å². The molecule has 1 fully saturated rings. The summed E-state index contributed by atoms with van der Waals surface area (Å²) < 4.78 is 12.2. The van der Waals surface area contributed by atoms with E-state index in [-0.39, 0.29) is 18.3 Å². The van der Waals surface area contributed by atoms with Crippen molar-refractivity contribution >= 4 is 24.0 Å². The predicted octanol–water partition coefficient (Wildman–Crippen LogP) is 4.35. The van der Waals surface area contributed by atoms with Crippen LogP contribution in [0.25, 0.3) is 0 Å². The van der Waals surface area contributed by atoms with Gasteiger partial charge in [-0.05, 0) is 76.3 Å². The fourth-order valence-electron chi connectivity index (χ4n) is 2.74. The van der Waals surface area contributed by atoms with Crippen LogP contribution in [0.1, 0.15) is 38.8 Å². The quantitative estimate of drug-likeness (QED) is 0.852. The van der Waals surface area contributed by atoms with Gasteiger partial charge in [-0.3, -0.25) is 0 Å². The summed E-state index contributed by atoms with van der Waals surface area (Å²) in [5.74, 6) is 0. The second kappa shape index (κ2) is 5.94. The molecule has 0 unspecified atom stereocenters. The third kappa shape index (κ3) is 3.08. The van der Waals surface area contributed by atoms with Crippen molar-refractivity contribution in [3.8, 4) is 0 Å². The molecule has 3 nitrogen and oxygen atoms in total. The SMILES string of the molecule is Cc1cccc(Nc2ccc(B3OC(C)(C)C(C)(C)O3)cc2)c1C. The van der Waals surface area contributed by atoms with E-state index in [9.17, 15) is 0 Å². The molecule has 0 radical (unpaired) electrons. The van der Waals surface area contributed by atoms with E-state index in [2.05, 4.69) is 89.3 Å². The molecule has 0 bridgehead atoms. The Balaban J connectivity index is 1.76. The van der Waals surface area contributed by atoms with Crippen LogP contribution >= 0.6 is 0 Å². The molecule has 1 aliphatic heterocycles. The van der Waals surface area contributed by atoms with Gasteiger partial charge in [0, 0.05) is 11.4 Å². The monoisotopic (exact) mass is 323 g/mol. The lowest BCUT2D eigenvalue weighted by Gasteiger charge is -2.32. The molecule has 3 rings (SSSR count). The molecule has 0 saturated carbocycles. The zero-order valence-electron chi connectivity index (χ0n) is 15.4. The van der Waals surface area contributed by atoms with Crippen LogP contribution in [-0.2, 0) is 9.31 Å². The van der Waals surface area contributed by atoms with Gasteiger partial charge >= 0.3 is 7.12 Å². The number of nitrogens with one attached hydrogen (secondary N) is 1. The topological polar surface area (TPSA) is 30.5 Å². The minimum atomic E-state index is -0.315. The molecular weight excluding hydrogens is 297 g/mol. The first kappa shape index (κ1) is 17.1. The van der Waals surface area contributed by atoms with Crippen molar-refractivity contribution in [1.82, 2.24) is 0 Å². The minimum absolute atomic E-state index is 0.312. The molecule has 2 aromatic rings. The normalized spacial score (nSPS) is 18.7. The summed E-state index contributed by atoms with van der Waals surface area (Å²) in [5, 5.41) is 3.48. The van der Waals surface area contributed by atoms with Crippen molar-refractivity contribution in [2.75, 3.05) is 5.32 Å². The molecule has 0 amide bonds. The summed E-state index contributed by atoms with van der Waals surface area (Å²) in [6.45, 7) is 12.6. The van der Waals surface area contributed by atoms with E-state index < -0.39 is 0 Å². The van der Waals surface area contributed by atoms with Gasteiger partial charge < -0.3 is 14.6 Å². The number of hydrogen-bond donors (Lipinski definition) is 1. The van der Waals surface area contributed by atoms with Crippen molar-refractivity contribution in [3.05, 3.63) is 53.6 Å². The highest BCUT2D eigenvalue weighted by atomic mass is 16.7. The van der Waals surface area contributed by atoms with Crippen LogP contribution in [0.4, 0.5) is 11.4 Å². The van der Waals surface area contributed by atoms with Crippen molar-refractivity contribution in [3.63, 3.8) is 0 Å². The van der Waals surface area contributed by atoms with Crippen molar-refractivity contribution in [2.24, 2.45) is 0 Å². The average Bonchev–Trinajstić information content (AvgIpc) is 2.73. The van der Waals surface area contributed by atoms with Gasteiger partial charge in [0.05, 0.1) is 11.2 Å². The second-order valence-corrected chi connectivity index (χ2v) is 7.58. The van der Waals surface area contributed by atoms with Crippen LogP contribution in [0.15, 0.2) is 42.5 Å². The van der Waals surface area contributed by atoms with Crippen LogP contribution in [0, 0.1) is 13.8 Å². The number of aryl methyl sites for hydroxylation is 1. The molecule has 0 aromatic heterocycles. The lowest BCUT2D eigenvalue weighted by molar-refractivity contribution is 0.00578. The average molecular weight is 323 g/mol. The van der Waals surface area contributed by atoms with Gasteiger partial charge in [-0.15, -0.1) is 0 Å². The lowest BCUT2D eigenvalue weighted by Crippen LogP contribution is -2.41. The summed E-state index contributed by atoms with van der Waals surface area (Å²) >= 11 is 0. The molecular formula is C20H26BNO2. The first-order chi connectivity index (χ1) is 11.2. The first-order valence-corrected chi connectivity index (χ1v) is 8.48. The van der Waals surface area contributed by atoms with E-state index in [1.54, 1.807) is 0 Å². The Morgan fingerprint density at radius 2 is 1.42 bits per heavy atom. The molecule has 1 N–H and O–H groups in total. The van der Waals surface area contributed by atoms with Gasteiger partial charge in [-0.2, -0.15) is 0 Å². The molecule has 0 atom stereocenters. The van der Waals surface area contributed by atoms with Crippen LogP contribution in [0.5, 0.6) is 0 Å². The highest BCUT2D eigenvalue weighted by Gasteiger charge is 2.51. The van der Waals surface area contributed by atoms with Crippen molar-refractivity contribution < 1.29 is 9.31 Å². The fourth-order valence-corrected chi connectivity index (χ4v) is 2.74. The van der Waals surface area contributed by atoms with Crippen LogP contribution in [-0.4, -0.2) is 18.3 Å². The van der Waals surface area contributed by atoms with E-state index in [1.165, 1.54) is 11.1 Å². The smallest absolute Gasteiger partial charge is 0.399 e. The van der Waals surface area contributed by atoms with Crippen molar-refractivity contribution in [2.45, 2.75) is 52.7 Å². The summed E-state index contributed by atoms with van der Waals surface area (Å²) in [4.78, 5) is 0. The molecule has 1 aliphatic rings. The molecule has 0 spiro atoms. The largest absolute Gasteiger partial charge is 0.494 e. The Hall–Kier alpha value is -1.78. The van der Waals surface area contributed by atoms with E-state index in [4.69, 9.17) is 9.31 Å². The number of anilines is 2. The lowest BCUT2D eigenvalue weighted by atomic mass is 9.79. The zero-order valence-corrected chi connectivity index (χ0v) is 15.4. The third-order valence-corrected chi connectivity index (χ3v) is 5.32. The van der Waals surface area contributed by atoms with Crippen LogP contribution in [0.2, 0.25) is 0 Å². The summed E-state index contributed by atoms with van der Waals surface area (Å²) in [6, 6.07) is 14.6. The van der Waals surface area contributed by atoms with E-state index in [0.29, 0.717) is 0 Å². The number of hydrogen-bond acceptors (Lipinski definition) is 3. The van der Waals surface area contributed by atoms with Crippen LogP contribution < -0.4 is 10.8 Å². The maximum absolute atomic E-state index is 6.10. The predicted molar refractivity (Wildman–Crippen MR) is 101 cm³/mol. The van der Waals surface area contributed by atoms with Gasteiger partial charge in [0.25, 0.3) is 0 Å². The number of benzene rings is 2. The molecule has 4 heteroatoms. The third-order valence-electron chi connectivity index (χ3n) is 5.32. The Kier molecular flexibility index (Phi) is 4.22. The van der Waals surface area contributed by atoms with E-state index >= 15 is 0 Å². The number of rotatable bonds is 3. The van der Waals surface area contributed by atoms with Gasteiger partial charge in [-0.1, -0.05) is 24.3 Å². The van der Waals surface area contributed by atoms with Gasteiger partial charge in [-0.25, -0.2) is 0 Å². The first-order valence-electron chi connectivity index (χ1n) is 8.48. The molecule has 126 valence electrons. The fraction of sp³-hybridized carbons (Fsp3) is 0.400. The van der Waals surface area contributed by atoms with Gasteiger partial charge in [0.2, 0.25) is 0 Å². The highest BCUT2D eigenvalue weighted by Crippen LogP contribution is 2.36. The van der Waals surface area contributed by atoms with Crippen LogP contribution in [0.3, 0.4) is 0 Å². The Morgan fingerprint density at radius 3 is 2.00 bits per heavy atom. The van der Waals surface area contributed by atoms with Crippen molar-refractivity contribution in [1.29, 1.82) is 0 Å². The highest BCUT2D eigenvalue weighted by molar-refractivity contribution is 6.62. The molecule has 1 heterocycles. The Labute approximate surface area is 145 Å². The Morgan fingerprint density at radius 1 is 0.833 bits per heavy atom. The standard InChI is InChI=1S/C20H26BNO2/c1-14-8-7-9-18(15(14)2)22-17-12-10-16(11-13-17)21-23-19(3,4)20(5,6)24-21/h7-13,22H,1-6H3. The summed E-state index contributed by atoms with van der Waals surface area (Å²) in [7, 11) is -0.315. The maximum atomic E-state index is 6.10. The minimum Gasteiger partial charge on any atom is -0.399 e. The summed E-state index contributed by atoms with van der Waals surface area (Å²) in [5.41, 5.74) is 5.17.